The van der Waals surface area contributed by atoms with Crippen LogP contribution in [0.15, 0.2) is 236 Å². The van der Waals surface area contributed by atoms with Crippen molar-refractivity contribution in [2.75, 3.05) is 9.80 Å². The van der Waals surface area contributed by atoms with E-state index >= 15 is 0 Å². The van der Waals surface area contributed by atoms with E-state index in [1.165, 1.54) is 116 Å². The molecule has 0 N–H and O–H groups in total. The molecule has 2 heteroatoms. The highest BCUT2D eigenvalue weighted by Gasteiger charge is 2.38. The zero-order chi connectivity index (χ0) is 49.5. The van der Waals surface area contributed by atoms with Gasteiger partial charge in [0, 0.05) is 45.2 Å². The summed E-state index contributed by atoms with van der Waals surface area (Å²) >= 11 is 0. The normalized spacial score (nSPS) is 15.2. The highest BCUT2D eigenvalue weighted by molar-refractivity contribution is 6.23. The smallest absolute Gasteiger partial charge is 0.0540 e. The van der Waals surface area contributed by atoms with Crippen LogP contribution in [0.5, 0.6) is 0 Å². The molecule has 0 saturated carbocycles. The van der Waals surface area contributed by atoms with E-state index in [0.717, 1.165) is 29.2 Å². The number of fused-ring (bicyclic) bond motifs is 7. The zero-order valence-electron chi connectivity index (χ0n) is 42.5. The van der Waals surface area contributed by atoms with Crippen LogP contribution in [0.1, 0.15) is 53.6 Å². The van der Waals surface area contributed by atoms with Crippen molar-refractivity contribution >= 4 is 60.8 Å². The lowest BCUT2D eigenvalue weighted by atomic mass is 9.79. The summed E-state index contributed by atoms with van der Waals surface area (Å²) in [6.45, 7) is 13.6. The van der Waals surface area contributed by atoms with E-state index in [1.54, 1.807) is 0 Å². The molecule has 1 atom stereocenters. The molecule has 0 heterocycles. The number of allylic oxidation sites excluding steroid dienone is 7. The number of hydrogen-bond acceptors (Lipinski definition) is 2. The molecule has 0 saturated heterocycles. The summed E-state index contributed by atoms with van der Waals surface area (Å²) in [4.78, 5) is 4.96. The maximum atomic E-state index is 2.56. The van der Waals surface area contributed by atoms with Crippen molar-refractivity contribution in [3.63, 3.8) is 0 Å². The predicted octanol–water partition coefficient (Wildman–Crippen LogP) is 19.6. The van der Waals surface area contributed by atoms with E-state index in [0.29, 0.717) is 5.92 Å². The van der Waals surface area contributed by atoms with Crippen molar-refractivity contribution in [1.29, 1.82) is 0 Å². The van der Waals surface area contributed by atoms with Crippen molar-refractivity contribution in [2.24, 2.45) is 5.92 Å². The van der Waals surface area contributed by atoms with Crippen LogP contribution >= 0.6 is 0 Å². The Balaban J connectivity index is 1.08. The van der Waals surface area contributed by atoms with Gasteiger partial charge in [0.25, 0.3) is 0 Å². The molecule has 3 aliphatic carbocycles. The minimum absolute atomic E-state index is 0.295. The molecule has 352 valence electrons. The van der Waals surface area contributed by atoms with E-state index < -0.39 is 0 Å². The Morgan fingerprint density at radius 1 is 0.425 bits per heavy atom. The Labute approximate surface area is 430 Å². The number of hydrogen-bond donors (Lipinski definition) is 0. The summed E-state index contributed by atoms with van der Waals surface area (Å²) in [5, 5.41) is 7.47. The van der Waals surface area contributed by atoms with Gasteiger partial charge in [-0.2, -0.15) is 0 Å². The molecule has 0 fully saturated rings. The third-order valence-corrected chi connectivity index (χ3v) is 15.9. The summed E-state index contributed by atoms with van der Waals surface area (Å²) in [5.74, 6) is 0.340. The Kier molecular flexibility index (Phi) is 10.6. The molecular formula is C71H58N2. The van der Waals surface area contributed by atoms with E-state index in [-0.39, 0.29) is 5.41 Å². The van der Waals surface area contributed by atoms with Gasteiger partial charge in [-0.05, 0) is 195 Å². The van der Waals surface area contributed by atoms with Crippen molar-refractivity contribution in [1.82, 2.24) is 0 Å². The van der Waals surface area contributed by atoms with Gasteiger partial charge >= 0.3 is 0 Å². The molecule has 1 unspecified atom stereocenters. The molecule has 0 radical (unpaired) electrons. The molecule has 73 heavy (non-hydrogen) atoms. The van der Waals surface area contributed by atoms with Crippen LogP contribution in [0.3, 0.4) is 0 Å². The monoisotopic (exact) mass is 938 g/mol. The van der Waals surface area contributed by atoms with Crippen LogP contribution in [0.25, 0.3) is 65.7 Å². The first-order chi connectivity index (χ1) is 35.6. The van der Waals surface area contributed by atoms with E-state index in [1.807, 2.05) is 0 Å². The molecule has 0 bridgehead atoms. The van der Waals surface area contributed by atoms with Crippen molar-refractivity contribution in [3.8, 4) is 33.4 Å². The largest absolute Gasteiger partial charge is 0.310 e. The number of rotatable bonds is 8. The van der Waals surface area contributed by atoms with Gasteiger partial charge in [-0.15, -0.1) is 0 Å². The first-order valence-corrected chi connectivity index (χ1v) is 25.9. The summed E-state index contributed by atoms with van der Waals surface area (Å²) in [6.07, 6.45) is 14.8. The topological polar surface area (TPSA) is 6.48 Å². The number of benzene rings is 10. The van der Waals surface area contributed by atoms with Gasteiger partial charge in [0.1, 0.15) is 0 Å². The second kappa shape index (κ2) is 17.4. The fraction of sp³-hybridized carbons (Fsp3) is 0.127. The first kappa shape index (κ1) is 44.5. The maximum absolute atomic E-state index is 2.56. The van der Waals surface area contributed by atoms with Crippen LogP contribution in [-0.4, -0.2) is 0 Å². The third-order valence-electron chi connectivity index (χ3n) is 15.9. The van der Waals surface area contributed by atoms with Crippen LogP contribution in [0.2, 0.25) is 0 Å². The Bertz CT molecular complexity index is 4000. The SMILES string of the molecule is Cc1ccc(-c2c3cc(N(C4=C5C=CC=CC5CC=C4)c4cccc(C)c4)ccc3c(-c3ccc(C)cc3)c3cc4c(cc23)-c2ccc(N(c3cccc(C)c3)c3cccc5ccccc35)cc2C4(C)C)cc1. The molecular weight excluding hydrogens is 881 g/mol. The van der Waals surface area contributed by atoms with Crippen molar-refractivity contribution in [3.05, 3.63) is 269 Å². The van der Waals surface area contributed by atoms with E-state index in [4.69, 9.17) is 0 Å². The summed E-state index contributed by atoms with van der Waals surface area (Å²) in [6, 6.07) is 71.4. The molecule has 10 aromatic rings. The molecule has 0 spiro atoms. The quantitative estimate of drug-likeness (QED) is 0.140. The average molecular weight is 939 g/mol. The van der Waals surface area contributed by atoms with E-state index in [9.17, 15) is 0 Å². The fourth-order valence-corrected chi connectivity index (χ4v) is 12.3. The lowest BCUT2D eigenvalue weighted by molar-refractivity contribution is 0.661. The molecule has 0 aliphatic heterocycles. The number of anilines is 5. The van der Waals surface area contributed by atoms with Gasteiger partial charge in [0.05, 0.1) is 5.69 Å². The highest BCUT2D eigenvalue weighted by Crippen LogP contribution is 2.55. The standard InChI is InChI=1S/C71H58N2/c1-45-27-31-51(32-28-45)69-60-38-36-55(72(53-21-11-15-47(3)39-53)67-25-13-19-49-17-7-9-23-57(49)67)41-62(60)70(52-33-29-46(2)30-34-52)63-43-61-59-37-35-56(42-65(59)71(5,6)66(61)44-64(63)69)73(54-22-12-16-48(4)40-54)68-26-14-20-50-18-8-10-24-58(50)68/h7-18,20-44,49H,19H2,1-6H3. The van der Waals surface area contributed by atoms with Crippen LogP contribution < -0.4 is 9.80 Å². The maximum Gasteiger partial charge on any atom is 0.0540 e. The number of nitrogens with zero attached hydrogens (tertiary/aromatic N) is 2. The lowest BCUT2D eigenvalue weighted by Crippen LogP contribution is -2.21. The molecule has 2 nitrogen and oxygen atoms in total. The van der Waals surface area contributed by atoms with Crippen LogP contribution in [0, 0.1) is 33.6 Å². The van der Waals surface area contributed by atoms with Gasteiger partial charge in [0.15, 0.2) is 0 Å². The predicted molar refractivity (Wildman–Crippen MR) is 312 cm³/mol. The molecule has 0 aromatic heterocycles. The molecule has 3 aliphatic rings. The number of aryl methyl sites for hydroxylation is 4. The first-order valence-electron chi connectivity index (χ1n) is 25.9. The fourth-order valence-electron chi connectivity index (χ4n) is 12.3. The van der Waals surface area contributed by atoms with Crippen molar-refractivity contribution in [2.45, 2.75) is 53.4 Å². The third kappa shape index (κ3) is 7.47. The van der Waals surface area contributed by atoms with Gasteiger partial charge in [-0.25, -0.2) is 0 Å². The zero-order valence-corrected chi connectivity index (χ0v) is 42.5. The summed E-state index contributed by atoms with van der Waals surface area (Å²) in [5.41, 5.74) is 23.3. The minimum atomic E-state index is -0.295. The summed E-state index contributed by atoms with van der Waals surface area (Å²) < 4.78 is 0. The lowest BCUT2D eigenvalue weighted by Gasteiger charge is -2.33. The van der Waals surface area contributed by atoms with Crippen LogP contribution in [0.4, 0.5) is 28.4 Å². The highest BCUT2D eigenvalue weighted by atomic mass is 15.2. The van der Waals surface area contributed by atoms with Crippen LogP contribution in [-0.2, 0) is 5.41 Å². The van der Waals surface area contributed by atoms with E-state index in [2.05, 4.69) is 276 Å². The van der Waals surface area contributed by atoms with Crippen molar-refractivity contribution < 1.29 is 0 Å². The van der Waals surface area contributed by atoms with Gasteiger partial charge in [0.2, 0.25) is 0 Å². The Morgan fingerprint density at radius 2 is 1.01 bits per heavy atom. The second-order valence-corrected chi connectivity index (χ2v) is 21.2. The Morgan fingerprint density at radius 3 is 1.74 bits per heavy atom. The average Bonchev–Trinajstić information content (AvgIpc) is 3.63. The van der Waals surface area contributed by atoms with Gasteiger partial charge < -0.3 is 9.80 Å². The van der Waals surface area contributed by atoms with Gasteiger partial charge in [-0.1, -0.05) is 177 Å². The minimum Gasteiger partial charge on any atom is -0.310 e. The molecule has 10 aromatic carbocycles. The molecule has 13 rings (SSSR count). The second-order valence-electron chi connectivity index (χ2n) is 21.2. The Hall–Kier alpha value is -8.46. The molecule has 0 amide bonds. The summed E-state index contributed by atoms with van der Waals surface area (Å²) in [7, 11) is 0. The van der Waals surface area contributed by atoms with Gasteiger partial charge in [-0.3, -0.25) is 0 Å².